The average Bonchev–Trinajstić information content (AvgIpc) is 3.14. The van der Waals surface area contributed by atoms with Crippen LogP contribution in [0, 0.1) is 0 Å². The number of hydrogen-bond donors (Lipinski definition) is 1. The fourth-order valence-electron chi connectivity index (χ4n) is 2.57. The summed E-state index contributed by atoms with van der Waals surface area (Å²) in [5.74, 6) is 1.19. The first-order valence-corrected chi connectivity index (χ1v) is 8.33. The van der Waals surface area contributed by atoms with E-state index in [4.69, 9.17) is 23.7 Å². The Labute approximate surface area is 161 Å². The van der Waals surface area contributed by atoms with E-state index < -0.39 is 5.97 Å². The van der Waals surface area contributed by atoms with Gasteiger partial charge in [0.05, 0.1) is 14.2 Å². The fraction of sp³-hybridized carbons (Fsp3) is 0.200. The van der Waals surface area contributed by atoms with Crippen LogP contribution in [0.3, 0.4) is 0 Å². The quantitative estimate of drug-likeness (QED) is 0.464. The lowest BCUT2D eigenvalue weighted by Gasteiger charge is -2.13. The highest BCUT2D eigenvalue weighted by atomic mass is 16.7. The number of carbonyl (C=O) groups excluding carboxylic acids is 2. The molecular formula is C20H19NO7. The van der Waals surface area contributed by atoms with Gasteiger partial charge in [-0.2, -0.15) is 0 Å². The molecule has 0 aliphatic carbocycles. The molecule has 8 heteroatoms. The van der Waals surface area contributed by atoms with Crippen LogP contribution in [-0.4, -0.2) is 32.9 Å². The SMILES string of the molecule is COc1cc(/C=C/C(=O)Nc2ccc3c(c2)OCO3)cc(OC)c1OC(C)=O. The smallest absolute Gasteiger partial charge is 0.308 e. The molecule has 0 unspecified atom stereocenters. The largest absolute Gasteiger partial charge is 0.493 e. The number of esters is 1. The molecule has 0 saturated carbocycles. The minimum absolute atomic E-state index is 0.166. The van der Waals surface area contributed by atoms with Gasteiger partial charge in [0, 0.05) is 24.8 Å². The standard InChI is InChI=1S/C20H19NO7/c1-12(22)28-20-17(24-2)8-13(9-18(20)25-3)4-7-19(23)21-14-5-6-15-16(10-14)27-11-26-15/h4-10H,11H2,1-3H3,(H,21,23)/b7-4+. The van der Waals surface area contributed by atoms with E-state index in [0.717, 1.165) is 0 Å². The van der Waals surface area contributed by atoms with Crippen molar-refractivity contribution in [3.05, 3.63) is 42.0 Å². The van der Waals surface area contributed by atoms with Crippen molar-refractivity contribution in [2.45, 2.75) is 6.92 Å². The van der Waals surface area contributed by atoms with Gasteiger partial charge in [0.2, 0.25) is 18.4 Å². The first-order valence-electron chi connectivity index (χ1n) is 8.33. The summed E-state index contributed by atoms with van der Waals surface area (Å²) in [7, 11) is 2.89. The highest BCUT2D eigenvalue weighted by Gasteiger charge is 2.16. The molecule has 8 nitrogen and oxygen atoms in total. The molecular weight excluding hydrogens is 366 g/mol. The number of nitrogens with one attached hydrogen (secondary N) is 1. The fourth-order valence-corrected chi connectivity index (χ4v) is 2.57. The number of amides is 1. The predicted octanol–water partition coefficient (Wildman–Crippen LogP) is 3.01. The lowest BCUT2D eigenvalue weighted by atomic mass is 10.1. The van der Waals surface area contributed by atoms with Crippen LogP contribution in [0.1, 0.15) is 12.5 Å². The number of methoxy groups -OCH3 is 2. The molecule has 1 aliphatic heterocycles. The highest BCUT2D eigenvalue weighted by Crippen LogP contribution is 2.39. The van der Waals surface area contributed by atoms with E-state index in [-0.39, 0.29) is 18.4 Å². The first-order chi connectivity index (χ1) is 13.5. The Morgan fingerprint density at radius 1 is 1.04 bits per heavy atom. The van der Waals surface area contributed by atoms with Crippen LogP contribution in [0.5, 0.6) is 28.7 Å². The summed E-state index contributed by atoms with van der Waals surface area (Å²) in [6.07, 6.45) is 2.95. The van der Waals surface area contributed by atoms with Gasteiger partial charge in [0.15, 0.2) is 23.0 Å². The van der Waals surface area contributed by atoms with E-state index in [1.54, 1.807) is 36.4 Å². The van der Waals surface area contributed by atoms with Gasteiger partial charge in [-0.1, -0.05) is 0 Å². The van der Waals surface area contributed by atoms with Crippen LogP contribution in [0.15, 0.2) is 36.4 Å². The summed E-state index contributed by atoms with van der Waals surface area (Å²) in [5.41, 5.74) is 1.21. The minimum atomic E-state index is -0.497. The summed E-state index contributed by atoms with van der Waals surface area (Å²) in [6.45, 7) is 1.45. The molecule has 1 amide bonds. The van der Waals surface area contributed by atoms with Crippen molar-refractivity contribution >= 4 is 23.6 Å². The number of anilines is 1. The Bertz CT molecular complexity index is 911. The van der Waals surface area contributed by atoms with Crippen LogP contribution in [-0.2, 0) is 9.59 Å². The van der Waals surface area contributed by atoms with Crippen LogP contribution in [0.25, 0.3) is 6.08 Å². The molecule has 0 radical (unpaired) electrons. The van der Waals surface area contributed by atoms with Gasteiger partial charge in [0.1, 0.15) is 0 Å². The van der Waals surface area contributed by atoms with Gasteiger partial charge < -0.3 is 29.0 Å². The van der Waals surface area contributed by atoms with Crippen molar-refractivity contribution in [2.75, 3.05) is 26.3 Å². The van der Waals surface area contributed by atoms with Gasteiger partial charge in [-0.25, -0.2) is 0 Å². The molecule has 0 saturated heterocycles. The molecule has 2 aromatic rings. The van der Waals surface area contributed by atoms with E-state index >= 15 is 0 Å². The summed E-state index contributed by atoms with van der Waals surface area (Å²) in [4.78, 5) is 23.5. The number of hydrogen-bond acceptors (Lipinski definition) is 7. The second-order valence-corrected chi connectivity index (χ2v) is 5.74. The molecule has 0 fully saturated rings. The van der Waals surface area contributed by atoms with Crippen molar-refractivity contribution in [2.24, 2.45) is 0 Å². The summed E-state index contributed by atoms with van der Waals surface area (Å²) < 4.78 is 26.2. The molecule has 146 valence electrons. The van der Waals surface area contributed by atoms with E-state index in [1.165, 1.54) is 27.2 Å². The Hall–Kier alpha value is -3.68. The Kier molecular flexibility index (Phi) is 5.69. The van der Waals surface area contributed by atoms with Gasteiger partial charge >= 0.3 is 5.97 Å². The van der Waals surface area contributed by atoms with E-state index in [9.17, 15) is 9.59 Å². The third kappa shape index (κ3) is 4.35. The average molecular weight is 385 g/mol. The van der Waals surface area contributed by atoms with E-state index in [2.05, 4.69) is 5.32 Å². The maximum Gasteiger partial charge on any atom is 0.308 e. The van der Waals surface area contributed by atoms with E-state index in [0.29, 0.717) is 34.2 Å². The number of ether oxygens (including phenoxy) is 5. The number of carbonyl (C=O) groups is 2. The molecule has 1 aliphatic rings. The van der Waals surface area contributed by atoms with Gasteiger partial charge in [-0.15, -0.1) is 0 Å². The van der Waals surface area contributed by atoms with Gasteiger partial charge in [-0.05, 0) is 35.9 Å². The zero-order valence-electron chi connectivity index (χ0n) is 15.6. The molecule has 28 heavy (non-hydrogen) atoms. The van der Waals surface area contributed by atoms with Crippen molar-refractivity contribution in [3.63, 3.8) is 0 Å². The molecule has 1 heterocycles. The maximum absolute atomic E-state index is 12.2. The second-order valence-electron chi connectivity index (χ2n) is 5.74. The van der Waals surface area contributed by atoms with Crippen LogP contribution >= 0.6 is 0 Å². The molecule has 0 atom stereocenters. The van der Waals surface area contributed by atoms with Crippen molar-refractivity contribution < 1.29 is 33.3 Å². The topological polar surface area (TPSA) is 92.3 Å². The van der Waals surface area contributed by atoms with Crippen LogP contribution < -0.4 is 29.0 Å². The Morgan fingerprint density at radius 2 is 1.71 bits per heavy atom. The zero-order chi connectivity index (χ0) is 20.1. The third-order valence-electron chi connectivity index (χ3n) is 3.80. The molecule has 1 N–H and O–H groups in total. The predicted molar refractivity (Wildman–Crippen MR) is 101 cm³/mol. The number of rotatable bonds is 6. The Balaban J connectivity index is 1.75. The summed E-state index contributed by atoms with van der Waals surface area (Å²) in [6, 6.07) is 8.40. The minimum Gasteiger partial charge on any atom is -0.493 e. The number of benzene rings is 2. The van der Waals surface area contributed by atoms with Crippen molar-refractivity contribution in [1.82, 2.24) is 0 Å². The van der Waals surface area contributed by atoms with Crippen LogP contribution in [0.2, 0.25) is 0 Å². The Morgan fingerprint density at radius 3 is 2.36 bits per heavy atom. The van der Waals surface area contributed by atoms with Crippen molar-refractivity contribution in [1.29, 1.82) is 0 Å². The third-order valence-corrected chi connectivity index (χ3v) is 3.80. The first kappa shape index (κ1) is 19.1. The van der Waals surface area contributed by atoms with Crippen LogP contribution in [0.4, 0.5) is 5.69 Å². The molecule has 0 spiro atoms. The normalized spacial score (nSPS) is 12.0. The number of fused-ring (bicyclic) bond motifs is 1. The summed E-state index contributed by atoms with van der Waals surface area (Å²) in [5, 5.41) is 2.74. The lowest BCUT2D eigenvalue weighted by Crippen LogP contribution is -2.07. The van der Waals surface area contributed by atoms with E-state index in [1.807, 2.05) is 0 Å². The summed E-state index contributed by atoms with van der Waals surface area (Å²) >= 11 is 0. The molecule has 3 rings (SSSR count). The van der Waals surface area contributed by atoms with Gasteiger partial charge in [0.25, 0.3) is 0 Å². The highest BCUT2D eigenvalue weighted by molar-refractivity contribution is 6.02. The van der Waals surface area contributed by atoms with Gasteiger partial charge in [-0.3, -0.25) is 9.59 Å². The monoisotopic (exact) mass is 385 g/mol. The molecule has 0 bridgehead atoms. The molecule has 2 aromatic carbocycles. The second kappa shape index (κ2) is 8.34. The molecule has 0 aromatic heterocycles. The van der Waals surface area contributed by atoms with Crippen molar-refractivity contribution in [3.8, 4) is 28.7 Å². The maximum atomic E-state index is 12.2. The lowest BCUT2D eigenvalue weighted by molar-refractivity contribution is -0.132. The zero-order valence-corrected chi connectivity index (χ0v) is 15.6.